The number of methoxy groups -OCH3 is 1. The van der Waals surface area contributed by atoms with Crippen molar-refractivity contribution in [2.75, 3.05) is 12.4 Å². The first-order chi connectivity index (χ1) is 11.3. The van der Waals surface area contributed by atoms with Crippen molar-refractivity contribution in [3.05, 3.63) is 46.6 Å². The van der Waals surface area contributed by atoms with E-state index in [1.165, 1.54) is 7.11 Å². The monoisotopic (exact) mass is 376 g/mol. The van der Waals surface area contributed by atoms with Crippen LogP contribution in [0.15, 0.2) is 30.3 Å². The number of rotatable bonds is 4. The summed E-state index contributed by atoms with van der Waals surface area (Å²) in [5.74, 6) is -0.532. The number of thiocarbonyl (C=S) groups is 1. The molecule has 24 heavy (non-hydrogen) atoms. The highest BCUT2D eigenvalue weighted by Crippen LogP contribution is 2.30. The first-order valence-corrected chi connectivity index (χ1v) is 7.36. The van der Waals surface area contributed by atoms with E-state index in [1.54, 1.807) is 24.3 Å². The molecule has 1 heterocycles. The van der Waals surface area contributed by atoms with Gasteiger partial charge < -0.3 is 15.4 Å². The molecule has 0 amide bonds. The first kappa shape index (κ1) is 18.2. The van der Waals surface area contributed by atoms with Gasteiger partial charge in [-0.05, 0) is 29.9 Å². The summed E-state index contributed by atoms with van der Waals surface area (Å²) in [6, 6.07) is 7.73. The second-order valence-corrected chi connectivity index (χ2v) is 5.40. The molecule has 2 N–H and O–H groups in total. The maximum absolute atomic E-state index is 12.8. The Kier molecular flexibility index (Phi) is 5.79. The number of hydrogen-bond acceptors (Lipinski definition) is 4. The Morgan fingerprint density at radius 1 is 1.25 bits per heavy atom. The number of hydrogen-bond donors (Lipinski definition) is 2. The van der Waals surface area contributed by atoms with E-state index in [0.717, 1.165) is 5.56 Å². The fourth-order valence-electron chi connectivity index (χ4n) is 1.66. The van der Waals surface area contributed by atoms with Crippen molar-refractivity contribution in [2.24, 2.45) is 0 Å². The lowest BCUT2D eigenvalue weighted by Crippen LogP contribution is -2.29. The van der Waals surface area contributed by atoms with Crippen LogP contribution in [0.5, 0.6) is 5.88 Å². The van der Waals surface area contributed by atoms with Gasteiger partial charge in [-0.2, -0.15) is 18.2 Å². The largest absolute Gasteiger partial charge is 0.481 e. The standard InChI is InChI=1S/C14H12ClF3N4OS/c1-23-11-6-10(14(16,17)18)20-12(21-11)22-13(24)19-7-8-2-4-9(15)5-3-8/h2-6H,7H2,1H3,(H2,19,20,21,22,24). The molecule has 0 radical (unpaired) electrons. The van der Waals surface area contributed by atoms with Gasteiger partial charge in [0.25, 0.3) is 0 Å². The van der Waals surface area contributed by atoms with Crippen molar-refractivity contribution in [3.63, 3.8) is 0 Å². The maximum atomic E-state index is 12.8. The highest BCUT2D eigenvalue weighted by Gasteiger charge is 2.34. The minimum atomic E-state index is -4.62. The number of aromatic nitrogens is 2. The Hall–Kier alpha value is -2.13. The molecule has 0 unspecified atom stereocenters. The molecule has 0 atom stereocenters. The molecule has 1 aromatic carbocycles. The molecule has 0 aliphatic rings. The summed E-state index contributed by atoms with van der Waals surface area (Å²) in [7, 11) is 1.21. The van der Waals surface area contributed by atoms with Gasteiger partial charge in [0.15, 0.2) is 10.8 Å². The zero-order valence-corrected chi connectivity index (χ0v) is 13.9. The Morgan fingerprint density at radius 2 is 1.92 bits per heavy atom. The van der Waals surface area contributed by atoms with E-state index in [1.807, 2.05) is 0 Å². The average Bonchev–Trinajstić information content (AvgIpc) is 2.53. The third-order valence-electron chi connectivity index (χ3n) is 2.79. The maximum Gasteiger partial charge on any atom is 0.433 e. The van der Waals surface area contributed by atoms with Crippen LogP contribution in [0.2, 0.25) is 5.02 Å². The first-order valence-electron chi connectivity index (χ1n) is 6.57. The minimum Gasteiger partial charge on any atom is -0.481 e. The van der Waals surface area contributed by atoms with Crippen LogP contribution >= 0.6 is 23.8 Å². The normalized spacial score (nSPS) is 11.0. The highest BCUT2D eigenvalue weighted by molar-refractivity contribution is 7.80. The van der Waals surface area contributed by atoms with Crippen molar-refractivity contribution in [1.82, 2.24) is 15.3 Å². The van der Waals surface area contributed by atoms with Crippen LogP contribution in [0.3, 0.4) is 0 Å². The van der Waals surface area contributed by atoms with E-state index < -0.39 is 11.9 Å². The zero-order chi connectivity index (χ0) is 17.7. The lowest BCUT2D eigenvalue weighted by atomic mass is 10.2. The molecular formula is C14H12ClF3N4OS. The lowest BCUT2D eigenvalue weighted by Gasteiger charge is -2.12. The second-order valence-electron chi connectivity index (χ2n) is 4.55. The summed E-state index contributed by atoms with van der Waals surface area (Å²) >= 11 is 10.8. The number of anilines is 1. The molecule has 0 aliphatic heterocycles. The quantitative estimate of drug-likeness (QED) is 0.794. The second kappa shape index (κ2) is 7.63. The minimum absolute atomic E-state index is 0.0753. The van der Waals surface area contributed by atoms with E-state index in [4.69, 9.17) is 28.6 Å². The van der Waals surface area contributed by atoms with Crippen molar-refractivity contribution < 1.29 is 17.9 Å². The van der Waals surface area contributed by atoms with Gasteiger partial charge in [0.1, 0.15) is 0 Å². The van der Waals surface area contributed by atoms with Gasteiger partial charge in [-0.15, -0.1) is 0 Å². The Morgan fingerprint density at radius 3 is 2.50 bits per heavy atom. The van der Waals surface area contributed by atoms with E-state index >= 15 is 0 Å². The molecular weight excluding hydrogens is 365 g/mol. The van der Waals surface area contributed by atoms with Crippen molar-refractivity contribution >= 4 is 34.9 Å². The third-order valence-corrected chi connectivity index (χ3v) is 3.29. The molecule has 0 fully saturated rings. The van der Waals surface area contributed by atoms with E-state index in [-0.39, 0.29) is 16.9 Å². The van der Waals surface area contributed by atoms with Gasteiger partial charge in [0.2, 0.25) is 11.8 Å². The van der Waals surface area contributed by atoms with Gasteiger partial charge in [-0.3, -0.25) is 0 Å². The summed E-state index contributed by atoms with van der Waals surface area (Å²) in [4.78, 5) is 7.17. The predicted octanol–water partition coefficient (Wildman–Crippen LogP) is 3.64. The van der Waals surface area contributed by atoms with E-state index in [0.29, 0.717) is 17.6 Å². The van der Waals surface area contributed by atoms with Gasteiger partial charge >= 0.3 is 6.18 Å². The lowest BCUT2D eigenvalue weighted by molar-refractivity contribution is -0.141. The smallest absolute Gasteiger partial charge is 0.433 e. The molecule has 1 aromatic heterocycles. The topological polar surface area (TPSA) is 59.1 Å². The Balaban J connectivity index is 2.04. The number of halogens is 4. The molecule has 0 aliphatic carbocycles. The summed E-state index contributed by atoms with van der Waals surface area (Å²) in [6.07, 6.45) is -4.62. The van der Waals surface area contributed by atoms with E-state index in [9.17, 15) is 13.2 Å². The molecule has 0 bridgehead atoms. The molecule has 10 heteroatoms. The SMILES string of the molecule is COc1cc(C(F)(F)F)nc(NC(=S)NCc2ccc(Cl)cc2)n1. The van der Waals surface area contributed by atoms with Gasteiger partial charge in [0.05, 0.1) is 7.11 Å². The fraction of sp³-hybridized carbons (Fsp3) is 0.214. The molecule has 2 aromatic rings. The molecule has 2 rings (SSSR count). The highest BCUT2D eigenvalue weighted by atomic mass is 35.5. The van der Waals surface area contributed by atoms with Crippen molar-refractivity contribution in [2.45, 2.75) is 12.7 Å². The summed E-state index contributed by atoms with van der Waals surface area (Å²) in [6.45, 7) is 0.360. The number of alkyl halides is 3. The van der Waals surface area contributed by atoms with Crippen LogP contribution < -0.4 is 15.4 Å². The number of nitrogens with zero attached hydrogens (tertiary/aromatic N) is 2. The third kappa shape index (κ3) is 5.20. The molecule has 0 saturated carbocycles. The van der Waals surface area contributed by atoms with Crippen LogP contribution in [-0.2, 0) is 12.7 Å². The summed E-state index contributed by atoms with van der Waals surface area (Å²) in [5, 5.41) is 6.02. The van der Waals surface area contributed by atoms with Crippen LogP contribution in [0.25, 0.3) is 0 Å². The van der Waals surface area contributed by atoms with Crippen molar-refractivity contribution in [3.8, 4) is 5.88 Å². The van der Waals surface area contributed by atoms with Crippen molar-refractivity contribution in [1.29, 1.82) is 0 Å². The summed E-state index contributed by atoms with van der Waals surface area (Å²) in [5.41, 5.74) is -0.233. The molecule has 0 saturated heterocycles. The van der Waals surface area contributed by atoms with Gasteiger partial charge in [-0.25, -0.2) is 4.98 Å². The predicted molar refractivity (Wildman–Crippen MR) is 88.1 cm³/mol. The molecule has 0 spiro atoms. The van der Waals surface area contributed by atoms with Crippen LogP contribution in [0, 0.1) is 0 Å². The summed E-state index contributed by atoms with van der Waals surface area (Å²) < 4.78 is 43.1. The average molecular weight is 377 g/mol. The number of ether oxygens (including phenoxy) is 1. The van der Waals surface area contributed by atoms with Crippen LogP contribution in [0.1, 0.15) is 11.3 Å². The fourth-order valence-corrected chi connectivity index (χ4v) is 1.95. The van der Waals surface area contributed by atoms with E-state index in [2.05, 4.69) is 20.6 Å². The van der Waals surface area contributed by atoms with Gasteiger partial charge in [-0.1, -0.05) is 23.7 Å². The Labute approximate surface area is 146 Å². The van der Waals surface area contributed by atoms with Crippen LogP contribution in [-0.4, -0.2) is 22.2 Å². The Bertz CT molecular complexity index is 725. The number of nitrogens with one attached hydrogen (secondary N) is 2. The number of benzene rings is 1. The zero-order valence-electron chi connectivity index (χ0n) is 12.3. The van der Waals surface area contributed by atoms with Crippen LogP contribution in [0.4, 0.5) is 19.1 Å². The van der Waals surface area contributed by atoms with Gasteiger partial charge in [0, 0.05) is 17.6 Å². The molecule has 128 valence electrons. The molecule has 5 nitrogen and oxygen atoms in total.